The maximum absolute atomic E-state index is 12.4. The largest absolute Gasteiger partial charge is 0.322 e. The Morgan fingerprint density at radius 1 is 1.13 bits per heavy atom. The van der Waals surface area contributed by atoms with E-state index in [0.29, 0.717) is 27.8 Å². The number of para-hydroxylation sites is 1. The molecule has 23 heavy (non-hydrogen) atoms. The molecule has 116 valence electrons. The molecule has 0 saturated carbocycles. The van der Waals surface area contributed by atoms with Crippen molar-refractivity contribution in [3.8, 4) is 0 Å². The predicted octanol–water partition coefficient (Wildman–Crippen LogP) is 3.89. The number of carbonyl (C=O) groups excluding carboxylic acids is 1. The summed E-state index contributed by atoms with van der Waals surface area (Å²) in [6.07, 6.45) is 3.09. The fourth-order valence-electron chi connectivity index (χ4n) is 2.10. The van der Waals surface area contributed by atoms with Crippen LogP contribution >= 0.6 is 23.2 Å². The summed E-state index contributed by atoms with van der Waals surface area (Å²) in [5, 5.41) is 7.71. The SMILES string of the molecule is O=C(Nc1ccccc1Cn1cncn1)c1ccc(Cl)c(Cl)c1. The van der Waals surface area contributed by atoms with E-state index in [1.807, 2.05) is 24.3 Å². The van der Waals surface area contributed by atoms with Crippen molar-refractivity contribution in [2.45, 2.75) is 6.54 Å². The van der Waals surface area contributed by atoms with Crippen molar-refractivity contribution in [2.24, 2.45) is 0 Å². The van der Waals surface area contributed by atoms with Crippen LogP contribution in [0.3, 0.4) is 0 Å². The van der Waals surface area contributed by atoms with Gasteiger partial charge in [0.25, 0.3) is 5.91 Å². The number of hydrogen-bond acceptors (Lipinski definition) is 3. The number of nitrogens with one attached hydrogen (secondary N) is 1. The molecule has 0 aliphatic heterocycles. The van der Waals surface area contributed by atoms with Gasteiger partial charge in [-0.05, 0) is 29.8 Å². The van der Waals surface area contributed by atoms with E-state index in [1.54, 1.807) is 29.2 Å². The summed E-state index contributed by atoms with van der Waals surface area (Å²) < 4.78 is 1.68. The first kappa shape index (κ1) is 15.5. The Hall–Kier alpha value is -2.37. The zero-order valence-electron chi connectivity index (χ0n) is 11.9. The molecule has 0 aliphatic rings. The fourth-order valence-corrected chi connectivity index (χ4v) is 2.40. The van der Waals surface area contributed by atoms with Crippen LogP contribution in [0.5, 0.6) is 0 Å². The highest BCUT2D eigenvalue weighted by Crippen LogP contribution is 2.23. The number of nitrogens with zero attached hydrogens (tertiary/aromatic N) is 3. The van der Waals surface area contributed by atoms with E-state index >= 15 is 0 Å². The monoisotopic (exact) mass is 346 g/mol. The quantitative estimate of drug-likeness (QED) is 0.779. The standard InChI is InChI=1S/C16H12Cl2N4O/c17-13-6-5-11(7-14(13)18)16(23)21-15-4-2-1-3-12(15)8-22-10-19-9-20-22/h1-7,9-10H,8H2,(H,21,23). The lowest BCUT2D eigenvalue weighted by molar-refractivity contribution is 0.102. The van der Waals surface area contributed by atoms with Gasteiger partial charge in [-0.25, -0.2) is 9.67 Å². The normalized spacial score (nSPS) is 10.5. The lowest BCUT2D eigenvalue weighted by atomic mass is 10.1. The molecule has 1 aromatic heterocycles. The summed E-state index contributed by atoms with van der Waals surface area (Å²) in [7, 11) is 0. The minimum Gasteiger partial charge on any atom is -0.322 e. The molecule has 0 aliphatic carbocycles. The predicted molar refractivity (Wildman–Crippen MR) is 90.0 cm³/mol. The molecule has 0 atom stereocenters. The van der Waals surface area contributed by atoms with Crippen molar-refractivity contribution in [1.82, 2.24) is 14.8 Å². The molecule has 5 nitrogen and oxygen atoms in total. The third kappa shape index (κ3) is 3.70. The van der Waals surface area contributed by atoms with Crippen molar-refractivity contribution < 1.29 is 4.79 Å². The van der Waals surface area contributed by atoms with Gasteiger partial charge < -0.3 is 5.32 Å². The molecule has 3 rings (SSSR count). The van der Waals surface area contributed by atoms with Crippen molar-refractivity contribution in [2.75, 3.05) is 5.32 Å². The highest BCUT2D eigenvalue weighted by atomic mass is 35.5. The number of halogens is 2. The Bertz CT molecular complexity index is 834. The number of amides is 1. The van der Waals surface area contributed by atoms with Crippen molar-refractivity contribution in [3.63, 3.8) is 0 Å². The number of aromatic nitrogens is 3. The Morgan fingerprint density at radius 2 is 1.96 bits per heavy atom. The summed E-state index contributed by atoms with van der Waals surface area (Å²) in [5.41, 5.74) is 2.07. The molecule has 0 radical (unpaired) electrons. The van der Waals surface area contributed by atoms with Crippen molar-refractivity contribution >= 4 is 34.8 Å². The Morgan fingerprint density at radius 3 is 2.70 bits per heavy atom. The van der Waals surface area contributed by atoms with Gasteiger partial charge in [-0.15, -0.1) is 0 Å². The second-order valence-electron chi connectivity index (χ2n) is 4.83. The van der Waals surface area contributed by atoms with Crippen LogP contribution in [0, 0.1) is 0 Å². The molecule has 7 heteroatoms. The van der Waals surface area contributed by atoms with E-state index in [9.17, 15) is 4.79 Å². The lowest BCUT2D eigenvalue weighted by Gasteiger charge is -2.11. The van der Waals surface area contributed by atoms with Crippen LogP contribution in [-0.2, 0) is 6.54 Å². The average molecular weight is 347 g/mol. The zero-order chi connectivity index (χ0) is 16.2. The van der Waals surface area contributed by atoms with Crippen LogP contribution in [0.4, 0.5) is 5.69 Å². The molecule has 2 aromatic carbocycles. The fraction of sp³-hybridized carbons (Fsp3) is 0.0625. The molecule has 3 aromatic rings. The number of hydrogen-bond donors (Lipinski definition) is 1. The summed E-state index contributed by atoms with van der Waals surface area (Å²) in [6, 6.07) is 12.3. The second-order valence-corrected chi connectivity index (χ2v) is 5.65. The van der Waals surface area contributed by atoms with Gasteiger partial charge in [-0.3, -0.25) is 4.79 Å². The Labute approximate surface area is 142 Å². The third-order valence-corrected chi connectivity index (χ3v) is 3.99. The molecule has 1 N–H and O–H groups in total. The highest BCUT2D eigenvalue weighted by Gasteiger charge is 2.11. The first-order valence-electron chi connectivity index (χ1n) is 6.80. The number of anilines is 1. The van der Waals surface area contributed by atoms with Gasteiger partial charge in [0.2, 0.25) is 0 Å². The van der Waals surface area contributed by atoms with Gasteiger partial charge in [0, 0.05) is 11.3 Å². The third-order valence-electron chi connectivity index (χ3n) is 3.25. The van der Waals surface area contributed by atoms with E-state index in [2.05, 4.69) is 15.4 Å². The number of rotatable bonds is 4. The molecular formula is C16H12Cl2N4O. The van der Waals surface area contributed by atoms with Gasteiger partial charge in [0.15, 0.2) is 0 Å². The van der Waals surface area contributed by atoms with Crippen molar-refractivity contribution in [3.05, 3.63) is 76.3 Å². The molecule has 1 heterocycles. The molecule has 0 unspecified atom stereocenters. The molecular weight excluding hydrogens is 335 g/mol. The maximum Gasteiger partial charge on any atom is 0.255 e. The molecule has 0 fully saturated rings. The van der Waals surface area contributed by atoms with E-state index in [4.69, 9.17) is 23.2 Å². The number of carbonyl (C=O) groups is 1. The minimum absolute atomic E-state index is 0.255. The summed E-state index contributed by atoms with van der Waals surface area (Å²) in [5.74, 6) is -0.255. The van der Waals surface area contributed by atoms with E-state index in [-0.39, 0.29) is 5.91 Å². The van der Waals surface area contributed by atoms with Gasteiger partial charge >= 0.3 is 0 Å². The summed E-state index contributed by atoms with van der Waals surface area (Å²) >= 11 is 11.8. The Balaban J connectivity index is 1.82. The average Bonchev–Trinajstić information content (AvgIpc) is 3.05. The highest BCUT2D eigenvalue weighted by molar-refractivity contribution is 6.42. The van der Waals surface area contributed by atoms with Crippen LogP contribution in [0.2, 0.25) is 10.0 Å². The zero-order valence-corrected chi connectivity index (χ0v) is 13.4. The van der Waals surface area contributed by atoms with Gasteiger partial charge in [0.05, 0.1) is 16.6 Å². The van der Waals surface area contributed by atoms with E-state index in [0.717, 1.165) is 5.56 Å². The van der Waals surface area contributed by atoms with Gasteiger partial charge in [-0.2, -0.15) is 5.10 Å². The topological polar surface area (TPSA) is 59.8 Å². The molecule has 1 amide bonds. The smallest absolute Gasteiger partial charge is 0.255 e. The summed E-state index contributed by atoms with van der Waals surface area (Å²) in [6.45, 7) is 0.512. The molecule has 0 spiro atoms. The number of benzene rings is 2. The maximum atomic E-state index is 12.4. The molecule has 0 bridgehead atoms. The Kier molecular flexibility index (Phi) is 4.60. The van der Waals surface area contributed by atoms with Crippen LogP contribution in [0.1, 0.15) is 15.9 Å². The second kappa shape index (κ2) is 6.81. The summed E-state index contributed by atoms with van der Waals surface area (Å²) in [4.78, 5) is 16.3. The first-order valence-corrected chi connectivity index (χ1v) is 7.56. The van der Waals surface area contributed by atoms with Crippen LogP contribution in [0.15, 0.2) is 55.1 Å². The molecule has 0 saturated heterocycles. The van der Waals surface area contributed by atoms with Crippen LogP contribution in [0.25, 0.3) is 0 Å². The first-order chi connectivity index (χ1) is 11.1. The van der Waals surface area contributed by atoms with Crippen molar-refractivity contribution in [1.29, 1.82) is 0 Å². The van der Waals surface area contributed by atoms with E-state index < -0.39 is 0 Å². The minimum atomic E-state index is -0.255. The van der Waals surface area contributed by atoms with Gasteiger partial charge in [0.1, 0.15) is 12.7 Å². The van der Waals surface area contributed by atoms with E-state index in [1.165, 1.54) is 6.33 Å². The lowest BCUT2D eigenvalue weighted by Crippen LogP contribution is -2.14. The van der Waals surface area contributed by atoms with Crippen LogP contribution in [-0.4, -0.2) is 20.7 Å². The van der Waals surface area contributed by atoms with Crippen LogP contribution < -0.4 is 5.32 Å². The van der Waals surface area contributed by atoms with Gasteiger partial charge in [-0.1, -0.05) is 41.4 Å².